The minimum absolute atomic E-state index is 0.292. The fourth-order valence-electron chi connectivity index (χ4n) is 4.31. The van der Waals surface area contributed by atoms with Crippen LogP contribution in [-0.4, -0.2) is 50.5 Å². The van der Waals surface area contributed by atoms with Crippen molar-refractivity contribution in [2.75, 3.05) is 18.9 Å². The number of nitrogens with zero attached hydrogens (tertiary/aromatic N) is 2. The molecule has 0 fully saturated rings. The zero-order valence-electron chi connectivity index (χ0n) is 23.6. The van der Waals surface area contributed by atoms with Crippen molar-refractivity contribution in [3.63, 3.8) is 0 Å². The minimum Gasteiger partial charge on any atom is -0.493 e. The van der Waals surface area contributed by atoms with E-state index in [1.54, 1.807) is 24.3 Å². The normalized spacial score (nSPS) is 15.9. The van der Waals surface area contributed by atoms with Gasteiger partial charge in [0.25, 0.3) is 0 Å². The number of hydrogen-bond acceptors (Lipinski definition) is 6. The Kier molecular flexibility index (Phi) is 11.0. The van der Waals surface area contributed by atoms with E-state index in [0.717, 1.165) is 35.6 Å². The highest BCUT2D eigenvalue weighted by Gasteiger charge is 2.35. The molecule has 1 aromatic carbocycles. The van der Waals surface area contributed by atoms with Crippen molar-refractivity contribution in [1.29, 1.82) is 0 Å². The van der Waals surface area contributed by atoms with Crippen molar-refractivity contribution < 1.29 is 23.8 Å². The molecule has 0 aliphatic carbocycles. The summed E-state index contributed by atoms with van der Waals surface area (Å²) >= 11 is 1.97. The molecule has 2 aromatic rings. The highest BCUT2D eigenvalue weighted by atomic mass is 32.2. The predicted octanol–water partition coefficient (Wildman–Crippen LogP) is 6.57. The molecule has 3 rings (SSSR count). The molecule has 7 nitrogen and oxygen atoms in total. The lowest BCUT2D eigenvalue weighted by molar-refractivity contribution is -0.149. The average Bonchev–Trinajstić information content (AvgIpc) is 3.23. The second-order valence-corrected chi connectivity index (χ2v) is 12.3. The maximum absolute atomic E-state index is 12.7. The molecular weight excluding hydrogens is 512 g/mol. The van der Waals surface area contributed by atoms with E-state index in [2.05, 4.69) is 31.8 Å². The molecule has 210 valence electrons. The van der Waals surface area contributed by atoms with Gasteiger partial charge in [0.05, 0.1) is 12.3 Å². The summed E-state index contributed by atoms with van der Waals surface area (Å²) in [6.07, 6.45) is 13.8. The van der Waals surface area contributed by atoms with Gasteiger partial charge in [-0.15, -0.1) is 0 Å². The molecule has 8 heteroatoms. The van der Waals surface area contributed by atoms with Gasteiger partial charge in [0.15, 0.2) is 6.04 Å². The van der Waals surface area contributed by atoms with Crippen LogP contribution in [0.3, 0.4) is 0 Å². The van der Waals surface area contributed by atoms with E-state index in [1.165, 1.54) is 11.0 Å². The highest BCUT2D eigenvalue weighted by Crippen LogP contribution is 2.33. The molecule has 0 radical (unpaired) electrons. The number of allylic oxidation sites excluding steroid dienone is 4. The van der Waals surface area contributed by atoms with Crippen LogP contribution < -0.4 is 4.74 Å². The van der Waals surface area contributed by atoms with E-state index in [0.29, 0.717) is 47.9 Å². The highest BCUT2D eigenvalue weighted by molar-refractivity contribution is 8.00. The summed E-state index contributed by atoms with van der Waals surface area (Å²) in [6, 6.07) is 4.43. The van der Waals surface area contributed by atoms with Gasteiger partial charge in [-0.1, -0.05) is 51.1 Å². The van der Waals surface area contributed by atoms with Gasteiger partial charge in [-0.25, -0.2) is 9.78 Å². The Morgan fingerprint density at radius 3 is 2.79 bits per heavy atom. The zero-order chi connectivity index (χ0) is 28.4. The van der Waals surface area contributed by atoms with Gasteiger partial charge < -0.3 is 19.2 Å². The first-order valence-corrected chi connectivity index (χ1v) is 14.4. The summed E-state index contributed by atoms with van der Waals surface area (Å²) in [5, 5.41) is 9.96. The van der Waals surface area contributed by atoms with Crippen molar-refractivity contribution in [2.24, 2.45) is 0 Å². The van der Waals surface area contributed by atoms with Gasteiger partial charge in [-0.3, -0.25) is 4.79 Å². The number of thioether (sulfide) groups is 1. The zero-order valence-corrected chi connectivity index (χ0v) is 24.4. The maximum atomic E-state index is 12.7. The van der Waals surface area contributed by atoms with Crippen molar-refractivity contribution in [3.8, 4) is 5.75 Å². The number of carboxylic acid groups (broad SMARTS) is 1. The minimum atomic E-state index is -1.06. The van der Waals surface area contributed by atoms with Crippen molar-refractivity contribution in [2.45, 2.75) is 71.1 Å². The molecule has 1 aliphatic heterocycles. The first kappa shape index (κ1) is 30.3. The van der Waals surface area contributed by atoms with E-state index < -0.39 is 12.0 Å². The van der Waals surface area contributed by atoms with E-state index in [-0.39, 0.29) is 5.91 Å². The lowest BCUT2D eigenvalue weighted by Crippen LogP contribution is -2.42. The van der Waals surface area contributed by atoms with Crippen LogP contribution in [0.2, 0.25) is 0 Å². The van der Waals surface area contributed by atoms with E-state index >= 15 is 0 Å². The molecule has 1 atom stereocenters. The van der Waals surface area contributed by atoms with Crippen LogP contribution in [0.4, 0.5) is 0 Å². The van der Waals surface area contributed by atoms with Gasteiger partial charge in [-0.05, 0) is 68.2 Å². The molecule has 0 spiro atoms. The average molecular weight is 553 g/mol. The number of aromatic nitrogens is 1. The van der Waals surface area contributed by atoms with Gasteiger partial charge in [0, 0.05) is 23.8 Å². The van der Waals surface area contributed by atoms with Crippen molar-refractivity contribution in [3.05, 3.63) is 77.1 Å². The smallest absolute Gasteiger partial charge is 0.331 e. The third-order valence-electron chi connectivity index (χ3n) is 6.23. The number of aliphatic carboxylic acids is 1. The number of carboxylic acids is 1. The van der Waals surface area contributed by atoms with Gasteiger partial charge in [0.2, 0.25) is 11.8 Å². The van der Waals surface area contributed by atoms with Gasteiger partial charge >= 0.3 is 5.97 Å². The number of aryl methyl sites for hydroxylation is 1. The molecule has 0 bridgehead atoms. The summed E-state index contributed by atoms with van der Waals surface area (Å²) in [7, 11) is 0. The Bertz CT molecular complexity index is 1220. The molecule has 1 unspecified atom stereocenters. The van der Waals surface area contributed by atoms with E-state index in [9.17, 15) is 14.7 Å². The summed E-state index contributed by atoms with van der Waals surface area (Å²) in [5.41, 5.74) is 2.34. The number of carbonyl (C=O) groups excluding carboxylic acids is 1. The first-order chi connectivity index (χ1) is 18.6. The van der Waals surface area contributed by atoms with Gasteiger partial charge in [-0.2, -0.15) is 11.8 Å². The molecule has 39 heavy (non-hydrogen) atoms. The standard InChI is InChI=1S/C31H40N2O5S/c1-6-7-9-13-28(34)33-18-16-23-14-15-24(21-25(23)29(33)30(35)36)37-19-17-26-22(2)38-27(32-26)12-10-8-11-20-39-31(3,4)5/h6-7,9-10,12-15,21,29H,8,11,16-20H2,1-5H3,(H,35,36). The third-order valence-corrected chi connectivity index (χ3v) is 7.59. The monoisotopic (exact) mass is 552 g/mol. The number of benzene rings is 1. The Hall–Kier alpha value is -3.26. The van der Waals surface area contributed by atoms with Crippen LogP contribution in [0.5, 0.6) is 5.75 Å². The first-order valence-electron chi connectivity index (χ1n) is 13.4. The number of oxazole rings is 1. The SMILES string of the molecule is CC=CC=CC(=O)N1CCc2ccc(OCCc3nc(C=CCCCSC(C)(C)C)oc3C)cc2C1C(=O)O. The van der Waals surface area contributed by atoms with Crippen LogP contribution in [0, 0.1) is 6.92 Å². The lowest BCUT2D eigenvalue weighted by Gasteiger charge is -2.34. The predicted molar refractivity (Wildman–Crippen MR) is 157 cm³/mol. The van der Waals surface area contributed by atoms with E-state index in [1.807, 2.05) is 43.8 Å². The molecule has 1 aliphatic rings. The molecule has 1 aromatic heterocycles. The number of unbranched alkanes of at least 4 members (excludes halogenated alkanes) is 1. The van der Waals surface area contributed by atoms with Crippen LogP contribution in [0.1, 0.15) is 75.1 Å². The van der Waals surface area contributed by atoms with Crippen molar-refractivity contribution >= 4 is 29.7 Å². The largest absolute Gasteiger partial charge is 0.493 e. The third kappa shape index (κ3) is 9.17. The topological polar surface area (TPSA) is 92.9 Å². The number of rotatable bonds is 12. The lowest BCUT2D eigenvalue weighted by atomic mass is 9.92. The van der Waals surface area contributed by atoms with Crippen LogP contribution in [0.15, 0.2) is 53.0 Å². The number of amides is 1. The Labute approximate surface area is 236 Å². The summed E-state index contributed by atoms with van der Waals surface area (Å²) in [6.45, 7) is 11.2. The van der Waals surface area contributed by atoms with Crippen LogP contribution >= 0.6 is 11.8 Å². The van der Waals surface area contributed by atoms with Crippen LogP contribution in [0.25, 0.3) is 6.08 Å². The number of fused-ring (bicyclic) bond motifs is 1. The Morgan fingerprint density at radius 2 is 2.08 bits per heavy atom. The summed E-state index contributed by atoms with van der Waals surface area (Å²) < 4.78 is 12.1. The summed E-state index contributed by atoms with van der Waals surface area (Å²) in [4.78, 5) is 30.8. The quantitative estimate of drug-likeness (QED) is 0.181. The second kappa shape index (κ2) is 14.2. The number of ether oxygens (including phenoxy) is 1. The molecule has 1 amide bonds. The maximum Gasteiger partial charge on any atom is 0.331 e. The summed E-state index contributed by atoms with van der Waals surface area (Å²) in [5.74, 6) is 1.66. The fraction of sp³-hybridized carbons (Fsp3) is 0.452. The van der Waals surface area contributed by atoms with Crippen LogP contribution in [-0.2, 0) is 22.4 Å². The second-order valence-electron chi connectivity index (χ2n) is 10.4. The molecular formula is C31H40N2O5S. The molecule has 2 heterocycles. The number of carbonyl (C=O) groups is 2. The van der Waals surface area contributed by atoms with E-state index in [4.69, 9.17) is 9.15 Å². The van der Waals surface area contributed by atoms with Crippen molar-refractivity contribution in [1.82, 2.24) is 9.88 Å². The fourth-order valence-corrected chi connectivity index (χ4v) is 5.24. The number of hydrogen-bond donors (Lipinski definition) is 1. The molecule has 1 N–H and O–H groups in total. The Morgan fingerprint density at radius 1 is 1.28 bits per heavy atom. The Balaban J connectivity index is 1.58. The van der Waals surface area contributed by atoms with Gasteiger partial charge in [0.1, 0.15) is 11.5 Å². The molecule has 0 saturated heterocycles. The molecule has 0 saturated carbocycles.